The molecule has 1 rings (SSSR count). The number of likely N-dealkylation sites (tertiary alicyclic amines) is 1. The van der Waals surface area contributed by atoms with E-state index in [2.05, 4.69) is 32.7 Å². The van der Waals surface area contributed by atoms with E-state index in [0.29, 0.717) is 6.10 Å². The summed E-state index contributed by atoms with van der Waals surface area (Å²) in [5.41, 5.74) is 0. The van der Waals surface area contributed by atoms with Gasteiger partial charge in [-0.15, -0.1) is 0 Å². The van der Waals surface area contributed by atoms with Gasteiger partial charge < -0.3 is 8.69 Å². The van der Waals surface area contributed by atoms with E-state index in [4.69, 9.17) is 3.79 Å². The average molecular weight is 283 g/mol. The normalized spacial score (nSPS) is 19.6. The summed E-state index contributed by atoms with van der Waals surface area (Å²) in [5, 5.41) is 2.79. The fourth-order valence-electron chi connectivity index (χ4n) is 3.06. The number of hydrogen-bond acceptors (Lipinski definition) is 2. The molecule has 3 heteroatoms. The molecule has 1 unspecified atom stereocenters. The van der Waals surface area contributed by atoms with E-state index in [1.165, 1.54) is 62.2 Å². The van der Waals surface area contributed by atoms with Crippen molar-refractivity contribution in [2.24, 2.45) is 5.92 Å². The lowest BCUT2D eigenvalue weighted by Crippen LogP contribution is -2.37. The Morgan fingerprint density at radius 1 is 1.11 bits per heavy atom. The molecule has 112 valence electrons. The zero-order valence-electron chi connectivity index (χ0n) is 13.7. The van der Waals surface area contributed by atoms with Crippen molar-refractivity contribution in [1.82, 2.24) is 4.90 Å². The zero-order chi connectivity index (χ0) is 14.1. The Morgan fingerprint density at radius 2 is 1.63 bits per heavy atom. The predicted octanol–water partition coefficient (Wildman–Crippen LogP) is 4.33. The van der Waals surface area contributed by atoms with E-state index in [0.717, 1.165) is 5.92 Å². The number of rotatable bonds is 9. The Balaban J connectivity index is 2.33. The third-order valence-corrected chi connectivity index (χ3v) is 7.51. The summed E-state index contributed by atoms with van der Waals surface area (Å²) in [7, 11) is 2.24. The van der Waals surface area contributed by atoms with E-state index in [1.54, 1.807) is 0 Å². The van der Waals surface area contributed by atoms with Crippen LogP contribution >= 0.6 is 0 Å². The van der Waals surface area contributed by atoms with Crippen LogP contribution < -0.4 is 0 Å². The molecule has 0 radical (unpaired) electrons. The highest BCUT2D eigenvalue weighted by Crippen LogP contribution is 2.24. The smallest absolute Gasteiger partial charge is 0.460 e. The second kappa shape index (κ2) is 10.2. The molecule has 0 aromatic rings. The molecular formula is C16H34AlNO. The molecule has 0 spiro atoms. The second-order valence-electron chi connectivity index (χ2n) is 6.39. The van der Waals surface area contributed by atoms with Crippen molar-refractivity contribution in [2.75, 3.05) is 20.1 Å². The Labute approximate surface area is 125 Å². The predicted molar refractivity (Wildman–Crippen MR) is 86.0 cm³/mol. The third kappa shape index (κ3) is 7.14. The monoisotopic (exact) mass is 283 g/mol. The highest BCUT2D eigenvalue weighted by molar-refractivity contribution is 6.51. The van der Waals surface area contributed by atoms with Crippen molar-refractivity contribution in [3.05, 3.63) is 0 Å². The molecule has 0 aromatic heterocycles. The van der Waals surface area contributed by atoms with E-state index in [-0.39, 0.29) is 0 Å². The Hall–Kier alpha value is 0.452. The molecule has 0 saturated carbocycles. The van der Waals surface area contributed by atoms with Crippen LogP contribution in [0.4, 0.5) is 0 Å². The lowest BCUT2D eigenvalue weighted by atomic mass is 9.92. The van der Waals surface area contributed by atoms with Gasteiger partial charge in [0.05, 0.1) is 0 Å². The Morgan fingerprint density at radius 3 is 2.11 bits per heavy atom. The van der Waals surface area contributed by atoms with Gasteiger partial charge in [-0.2, -0.15) is 0 Å². The maximum absolute atomic E-state index is 6.55. The molecule has 0 bridgehead atoms. The van der Waals surface area contributed by atoms with Gasteiger partial charge in [0, 0.05) is 6.10 Å². The molecule has 2 nitrogen and oxygen atoms in total. The van der Waals surface area contributed by atoms with E-state index in [9.17, 15) is 0 Å². The van der Waals surface area contributed by atoms with Crippen molar-refractivity contribution < 1.29 is 3.79 Å². The van der Waals surface area contributed by atoms with Crippen molar-refractivity contribution in [3.63, 3.8) is 0 Å². The number of unbranched alkanes of at least 4 members (excludes halogenated alkanes) is 2. The highest BCUT2D eigenvalue weighted by Gasteiger charge is 2.27. The molecule has 0 aliphatic carbocycles. The largest absolute Gasteiger partial charge is 0.498 e. The van der Waals surface area contributed by atoms with Crippen molar-refractivity contribution in [3.8, 4) is 0 Å². The topological polar surface area (TPSA) is 12.5 Å². The van der Waals surface area contributed by atoms with Gasteiger partial charge in [0.25, 0.3) is 0 Å². The maximum atomic E-state index is 6.55. The molecule has 1 atom stereocenters. The average Bonchev–Trinajstić information content (AvgIpc) is 2.42. The van der Waals surface area contributed by atoms with E-state index in [1.807, 2.05) is 0 Å². The van der Waals surface area contributed by atoms with Crippen LogP contribution in [-0.2, 0) is 3.79 Å². The number of piperidine rings is 1. The Bertz CT molecular complexity index is 209. The number of nitrogens with zero attached hydrogens (tertiary/aromatic N) is 1. The molecule has 0 amide bonds. The molecule has 1 aliphatic heterocycles. The van der Waals surface area contributed by atoms with Crippen LogP contribution in [0.1, 0.15) is 59.3 Å². The van der Waals surface area contributed by atoms with E-state index >= 15 is 0 Å². The van der Waals surface area contributed by atoms with Crippen LogP contribution in [0.2, 0.25) is 10.6 Å². The summed E-state index contributed by atoms with van der Waals surface area (Å²) >= 11 is -0.927. The van der Waals surface area contributed by atoms with Crippen LogP contribution in [0.25, 0.3) is 0 Å². The molecule has 0 N–H and O–H groups in total. The summed E-state index contributed by atoms with van der Waals surface area (Å²) in [4.78, 5) is 2.45. The summed E-state index contributed by atoms with van der Waals surface area (Å²) in [5.74, 6) is 0.814. The maximum Gasteiger partial charge on any atom is 0.460 e. The van der Waals surface area contributed by atoms with Gasteiger partial charge in [-0.05, 0) is 45.8 Å². The van der Waals surface area contributed by atoms with Gasteiger partial charge >= 0.3 is 14.5 Å². The minimum absolute atomic E-state index is 0.513. The van der Waals surface area contributed by atoms with Crippen LogP contribution in [0.3, 0.4) is 0 Å². The molecule has 1 saturated heterocycles. The van der Waals surface area contributed by atoms with Crippen molar-refractivity contribution >= 4 is 14.5 Å². The van der Waals surface area contributed by atoms with Gasteiger partial charge in [-0.25, -0.2) is 0 Å². The molecule has 1 heterocycles. The van der Waals surface area contributed by atoms with Gasteiger partial charge in [0.1, 0.15) is 0 Å². The van der Waals surface area contributed by atoms with Crippen molar-refractivity contribution in [1.29, 1.82) is 0 Å². The van der Waals surface area contributed by atoms with E-state index < -0.39 is 14.5 Å². The van der Waals surface area contributed by atoms with Crippen LogP contribution in [-0.4, -0.2) is 45.6 Å². The number of hydrogen-bond donors (Lipinski definition) is 0. The summed E-state index contributed by atoms with van der Waals surface area (Å²) in [6.45, 7) is 9.45. The van der Waals surface area contributed by atoms with Crippen molar-refractivity contribution in [2.45, 2.75) is 76.0 Å². The third-order valence-electron chi connectivity index (χ3n) is 4.59. The van der Waals surface area contributed by atoms with Crippen LogP contribution in [0, 0.1) is 5.92 Å². The lowest BCUT2D eigenvalue weighted by Gasteiger charge is -2.34. The summed E-state index contributed by atoms with van der Waals surface area (Å²) in [6, 6.07) is 0. The second-order valence-corrected chi connectivity index (χ2v) is 9.06. The summed E-state index contributed by atoms with van der Waals surface area (Å²) in [6.07, 6.45) is 8.57. The first kappa shape index (κ1) is 17.5. The molecule has 0 aromatic carbocycles. The van der Waals surface area contributed by atoms with Crippen LogP contribution in [0.15, 0.2) is 0 Å². The minimum Gasteiger partial charge on any atom is -0.498 e. The first-order chi connectivity index (χ1) is 9.17. The first-order valence-corrected chi connectivity index (χ1v) is 10.6. The van der Waals surface area contributed by atoms with Gasteiger partial charge in [0.15, 0.2) is 0 Å². The fraction of sp³-hybridized carbons (Fsp3) is 1.00. The van der Waals surface area contributed by atoms with Crippen LogP contribution in [0.5, 0.6) is 0 Å². The highest BCUT2D eigenvalue weighted by atomic mass is 27.2. The molecule has 19 heavy (non-hydrogen) atoms. The molecule has 1 fully saturated rings. The molecule has 1 aliphatic rings. The minimum atomic E-state index is -0.927. The SMILES string of the molecule is CCC[CH2][Al]([CH2]CCC)[O]C(C)C1CCN(C)CC1. The summed E-state index contributed by atoms with van der Waals surface area (Å²) < 4.78 is 6.55. The zero-order valence-corrected chi connectivity index (χ0v) is 14.8. The Kier molecular flexibility index (Phi) is 9.41. The molecular weight excluding hydrogens is 249 g/mol. The van der Waals surface area contributed by atoms with Gasteiger partial charge in [-0.3, -0.25) is 0 Å². The first-order valence-electron chi connectivity index (χ1n) is 8.51. The van der Waals surface area contributed by atoms with Gasteiger partial charge in [-0.1, -0.05) is 50.1 Å². The standard InChI is InChI=1S/C8H16NO.2C4H9.Al/c1-7(10)8-3-5-9(2)6-4-8;2*1-3-4-2;/h7-8H,3-6H2,1-2H3;2*1,3-4H2,2H3;/q-1;;;+1. The van der Waals surface area contributed by atoms with Gasteiger partial charge in [0.2, 0.25) is 0 Å². The lowest BCUT2D eigenvalue weighted by molar-refractivity contribution is 0.0953. The quantitative estimate of drug-likeness (QED) is 0.584. The fourth-order valence-corrected chi connectivity index (χ4v) is 6.17.